The Morgan fingerprint density at radius 1 is 1.12 bits per heavy atom. The van der Waals surface area contributed by atoms with Gasteiger partial charge >= 0.3 is 0 Å². The van der Waals surface area contributed by atoms with E-state index in [1.807, 2.05) is 0 Å². The molecule has 0 unspecified atom stereocenters. The van der Waals surface area contributed by atoms with Crippen LogP contribution in [0.5, 0.6) is 0 Å². The number of nitrogens with one attached hydrogen (secondary N) is 1. The highest BCUT2D eigenvalue weighted by atomic mass is 16.6. The first-order chi connectivity index (χ1) is 11.8. The summed E-state index contributed by atoms with van der Waals surface area (Å²) in [5.74, 6) is 1.56. The van der Waals surface area contributed by atoms with E-state index in [4.69, 9.17) is 9.37 Å². The summed E-state index contributed by atoms with van der Waals surface area (Å²) in [6.45, 7) is 5.04. The first-order valence-corrected chi connectivity index (χ1v) is 8.58. The molecule has 0 spiro atoms. The minimum Gasteiger partial charge on any atom is -0.378 e. The Morgan fingerprint density at radius 2 is 1.92 bits per heavy atom. The second-order valence-corrected chi connectivity index (χ2v) is 6.40. The van der Waals surface area contributed by atoms with Crippen LogP contribution in [0, 0.1) is 0 Å². The van der Waals surface area contributed by atoms with E-state index in [9.17, 15) is 0 Å². The van der Waals surface area contributed by atoms with Crippen LogP contribution in [0.3, 0.4) is 0 Å². The van der Waals surface area contributed by atoms with Crippen LogP contribution in [0.25, 0.3) is 11.3 Å². The Balaban J connectivity index is 1.51. The Labute approximate surface area is 140 Å². The summed E-state index contributed by atoms with van der Waals surface area (Å²) in [4.78, 5) is 13.8. The van der Waals surface area contributed by atoms with Crippen molar-refractivity contribution in [1.82, 2.24) is 25.2 Å². The highest BCUT2D eigenvalue weighted by Crippen LogP contribution is 2.25. The Bertz CT molecular complexity index is 686. The molecule has 9 nitrogen and oxygen atoms in total. The van der Waals surface area contributed by atoms with Gasteiger partial charge < -0.3 is 19.9 Å². The van der Waals surface area contributed by atoms with Gasteiger partial charge in [-0.2, -0.15) is 0 Å². The van der Waals surface area contributed by atoms with Crippen LogP contribution in [-0.4, -0.2) is 77.7 Å². The maximum atomic E-state index is 5.43. The number of fused-ring (bicyclic) bond motifs is 1. The van der Waals surface area contributed by atoms with Gasteiger partial charge in [0.15, 0.2) is 11.6 Å². The number of anilines is 2. The molecule has 2 saturated heterocycles. The van der Waals surface area contributed by atoms with Crippen molar-refractivity contribution >= 4 is 22.9 Å². The molecule has 0 amide bonds. The molecule has 0 saturated carbocycles. The van der Waals surface area contributed by atoms with Crippen molar-refractivity contribution in [2.75, 3.05) is 56.7 Å². The fourth-order valence-electron chi connectivity index (χ4n) is 3.44. The minimum absolute atomic E-state index is 0.437. The number of hydrogen-bond acceptors (Lipinski definition) is 9. The summed E-state index contributed by atoms with van der Waals surface area (Å²) < 4.78 is 10.2. The molecule has 0 radical (unpaired) electrons. The Kier molecular flexibility index (Phi) is 4.44. The number of hydrogen-bond donors (Lipinski definition) is 1. The quantitative estimate of drug-likeness (QED) is 0.850. The number of aromatic nitrogens is 4. The second-order valence-electron chi connectivity index (χ2n) is 6.40. The van der Waals surface area contributed by atoms with Crippen LogP contribution in [0.4, 0.5) is 11.6 Å². The Morgan fingerprint density at radius 3 is 2.67 bits per heavy atom. The zero-order chi connectivity index (χ0) is 16.4. The summed E-state index contributed by atoms with van der Waals surface area (Å²) in [7, 11) is 2.20. The molecule has 2 aromatic heterocycles. The summed E-state index contributed by atoms with van der Waals surface area (Å²) in [5, 5.41) is 11.1. The lowest BCUT2D eigenvalue weighted by Crippen LogP contribution is -2.37. The van der Waals surface area contributed by atoms with Crippen LogP contribution in [0.15, 0.2) is 4.63 Å². The molecule has 2 aliphatic heterocycles. The average molecular weight is 333 g/mol. The number of nitrogens with zero attached hydrogens (tertiary/aromatic N) is 6. The van der Waals surface area contributed by atoms with Gasteiger partial charge in [-0.25, -0.2) is 14.6 Å². The van der Waals surface area contributed by atoms with Gasteiger partial charge in [-0.15, -0.1) is 0 Å². The molecule has 4 rings (SSSR count). The monoisotopic (exact) mass is 333 g/mol. The van der Waals surface area contributed by atoms with E-state index in [2.05, 4.69) is 42.4 Å². The summed E-state index contributed by atoms with van der Waals surface area (Å²) in [5.41, 5.74) is 0.880. The van der Waals surface area contributed by atoms with Crippen molar-refractivity contribution in [2.45, 2.75) is 25.3 Å². The maximum absolute atomic E-state index is 5.43. The summed E-state index contributed by atoms with van der Waals surface area (Å²) in [6, 6.07) is 0.648. The standard InChI is InChI=1S/C15H23N7O2/c1-21-6-2-3-11(21)4-5-16-14-15(22-7-9-23-10-8-22)18-13-12(17-14)19-24-20-13/h11H,2-10H2,1H3,(H,16,17,19)/t11-/m1/s1. The third-order valence-corrected chi connectivity index (χ3v) is 4.85. The molecule has 4 heterocycles. The van der Waals surface area contributed by atoms with E-state index in [1.54, 1.807) is 0 Å². The zero-order valence-corrected chi connectivity index (χ0v) is 13.9. The third-order valence-electron chi connectivity index (χ3n) is 4.85. The van der Waals surface area contributed by atoms with Gasteiger partial charge in [-0.05, 0) is 43.2 Å². The Hall–Kier alpha value is -2.00. The summed E-state index contributed by atoms with van der Waals surface area (Å²) >= 11 is 0. The van der Waals surface area contributed by atoms with E-state index < -0.39 is 0 Å². The molecular formula is C15H23N7O2. The average Bonchev–Trinajstić information content (AvgIpc) is 3.23. The van der Waals surface area contributed by atoms with Gasteiger partial charge in [-0.3, -0.25) is 0 Å². The smallest absolute Gasteiger partial charge is 0.245 e. The van der Waals surface area contributed by atoms with Gasteiger partial charge in [0.1, 0.15) is 0 Å². The van der Waals surface area contributed by atoms with Crippen LogP contribution in [0.1, 0.15) is 19.3 Å². The van der Waals surface area contributed by atoms with Crippen LogP contribution < -0.4 is 10.2 Å². The van der Waals surface area contributed by atoms with E-state index in [-0.39, 0.29) is 0 Å². The van der Waals surface area contributed by atoms with Gasteiger partial charge in [0.05, 0.1) is 13.2 Å². The van der Waals surface area contributed by atoms with Gasteiger partial charge in [0.2, 0.25) is 11.3 Å². The largest absolute Gasteiger partial charge is 0.378 e. The summed E-state index contributed by atoms with van der Waals surface area (Å²) in [6.07, 6.45) is 3.65. The zero-order valence-electron chi connectivity index (χ0n) is 13.9. The van der Waals surface area contributed by atoms with Crippen molar-refractivity contribution in [1.29, 1.82) is 0 Å². The van der Waals surface area contributed by atoms with E-state index >= 15 is 0 Å². The van der Waals surface area contributed by atoms with Crippen molar-refractivity contribution < 1.29 is 9.37 Å². The molecule has 2 aliphatic rings. The predicted octanol–water partition coefficient (Wildman–Crippen LogP) is 0.746. The highest BCUT2D eigenvalue weighted by molar-refractivity contribution is 5.74. The highest BCUT2D eigenvalue weighted by Gasteiger charge is 2.22. The predicted molar refractivity (Wildman–Crippen MR) is 89.2 cm³/mol. The van der Waals surface area contributed by atoms with Gasteiger partial charge in [0.25, 0.3) is 0 Å². The molecule has 2 aromatic rings. The number of likely N-dealkylation sites (tertiary alicyclic amines) is 1. The molecule has 130 valence electrons. The topological polar surface area (TPSA) is 92.4 Å². The molecule has 1 N–H and O–H groups in total. The lowest BCUT2D eigenvalue weighted by atomic mass is 10.1. The van der Waals surface area contributed by atoms with Crippen LogP contribution in [-0.2, 0) is 4.74 Å². The molecule has 24 heavy (non-hydrogen) atoms. The molecular weight excluding hydrogens is 310 g/mol. The molecule has 0 aliphatic carbocycles. The normalized spacial score (nSPS) is 22.4. The fraction of sp³-hybridized carbons (Fsp3) is 0.733. The number of ether oxygens (including phenoxy) is 1. The lowest BCUT2D eigenvalue weighted by Gasteiger charge is -2.29. The number of morpholine rings is 1. The van der Waals surface area contributed by atoms with Crippen LogP contribution >= 0.6 is 0 Å². The molecule has 9 heteroatoms. The van der Waals surface area contributed by atoms with Crippen molar-refractivity contribution in [2.24, 2.45) is 0 Å². The van der Waals surface area contributed by atoms with Crippen LogP contribution in [0.2, 0.25) is 0 Å². The molecule has 0 bridgehead atoms. The van der Waals surface area contributed by atoms with E-state index in [1.165, 1.54) is 19.4 Å². The first kappa shape index (κ1) is 15.5. The second kappa shape index (κ2) is 6.86. The maximum Gasteiger partial charge on any atom is 0.245 e. The van der Waals surface area contributed by atoms with Gasteiger partial charge in [-0.1, -0.05) is 0 Å². The van der Waals surface area contributed by atoms with Crippen molar-refractivity contribution in [3.05, 3.63) is 0 Å². The van der Waals surface area contributed by atoms with Gasteiger partial charge in [0, 0.05) is 25.7 Å². The first-order valence-electron chi connectivity index (χ1n) is 8.58. The molecule has 2 fully saturated rings. The number of rotatable bonds is 5. The van der Waals surface area contributed by atoms with E-state index in [0.29, 0.717) is 30.5 Å². The SMILES string of the molecule is CN1CCC[C@@H]1CCNc1nc2nonc2nc1N1CCOCC1. The minimum atomic E-state index is 0.437. The van der Waals surface area contributed by atoms with E-state index in [0.717, 1.165) is 37.7 Å². The molecule has 1 atom stereocenters. The fourth-order valence-corrected chi connectivity index (χ4v) is 3.44. The lowest BCUT2D eigenvalue weighted by molar-refractivity contribution is 0.122. The third kappa shape index (κ3) is 3.13. The van der Waals surface area contributed by atoms with Crippen molar-refractivity contribution in [3.63, 3.8) is 0 Å². The van der Waals surface area contributed by atoms with Crippen molar-refractivity contribution in [3.8, 4) is 0 Å². The molecule has 0 aromatic carbocycles.